The summed E-state index contributed by atoms with van der Waals surface area (Å²) in [5, 5.41) is 63.7. The Hall–Kier alpha value is -2.24. The number of carbonyl (C=O) groups excluding carboxylic acids is 3. The molecule has 0 aromatic rings. The third kappa shape index (κ3) is 7.92. The van der Waals surface area contributed by atoms with E-state index in [4.69, 9.17) is 14.2 Å². The van der Waals surface area contributed by atoms with Gasteiger partial charge < -0.3 is 60.3 Å². The molecular formula is C19H32N2O13. The van der Waals surface area contributed by atoms with Gasteiger partial charge in [0.05, 0.1) is 13.2 Å². The van der Waals surface area contributed by atoms with Crippen LogP contribution in [0.5, 0.6) is 0 Å². The van der Waals surface area contributed by atoms with E-state index in [2.05, 4.69) is 10.6 Å². The molecule has 10 atom stereocenters. The maximum atomic E-state index is 11.7. The maximum absolute atomic E-state index is 11.7. The van der Waals surface area contributed by atoms with Gasteiger partial charge in [-0.1, -0.05) is 0 Å². The van der Waals surface area contributed by atoms with Gasteiger partial charge in [-0.3, -0.25) is 9.59 Å². The summed E-state index contributed by atoms with van der Waals surface area (Å²) in [7, 11) is 0. The van der Waals surface area contributed by atoms with Crippen molar-refractivity contribution >= 4 is 24.1 Å². The molecule has 196 valence electrons. The lowest BCUT2D eigenvalue weighted by molar-refractivity contribution is -0.302. The fourth-order valence-corrected chi connectivity index (χ4v) is 3.32. The van der Waals surface area contributed by atoms with Crippen LogP contribution in [0.2, 0.25) is 0 Å². The van der Waals surface area contributed by atoms with Gasteiger partial charge in [0.15, 0.2) is 12.4 Å². The summed E-state index contributed by atoms with van der Waals surface area (Å²) in [5.41, 5.74) is 0. The van der Waals surface area contributed by atoms with Crippen molar-refractivity contribution in [2.75, 3.05) is 13.2 Å². The van der Waals surface area contributed by atoms with Gasteiger partial charge in [0.25, 0.3) is 0 Å². The third-order valence-corrected chi connectivity index (χ3v) is 5.01. The zero-order valence-electron chi connectivity index (χ0n) is 18.8. The van der Waals surface area contributed by atoms with Crippen molar-refractivity contribution in [3.63, 3.8) is 0 Å². The van der Waals surface area contributed by atoms with Gasteiger partial charge in [0, 0.05) is 13.8 Å². The summed E-state index contributed by atoms with van der Waals surface area (Å²) in [6, 6.07) is -3.03. The number of carboxylic acids is 1. The van der Waals surface area contributed by atoms with E-state index >= 15 is 0 Å². The van der Waals surface area contributed by atoms with Crippen LogP contribution >= 0.6 is 0 Å². The molecule has 15 heteroatoms. The predicted octanol–water partition coefficient (Wildman–Crippen LogP) is -4.77. The SMILES string of the molecule is CC(=O)N[C@H]1[C@H](O[C@@H]([C@H](OC(C)C(=O)O)[C@H](C=O)NC(C)=O)[C@H](O)CO)O[C@H](CO)[C@@H](O)[C@@H]1O. The maximum Gasteiger partial charge on any atom is 0.332 e. The minimum Gasteiger partial charge on any atom is -0.479 e. The van der Waals surface area contributed by atoms with E-state index in [1.807, 2.05) is 0 Å². The van der Waals surface area contributed by atoms with Gasteiger partial charge in [-0.2, -0.15) is 0 Å². The number of carbonyl (C=O) groups is 4. The molecule has 1 rings (SSSR count). The Balaban J connectivity index is 3.43. The molecule has 0 saturated carbocycles. The Morgan fingerprint density at radius 1 is 1.09 bits per heavy atom. The molecule has 0 bridgehead atoms. The first-order chi connectivity index (χ1) is 15.9. The van der Waals surface area contributed by atoms with Gasteiger partial charge >= 0.3 is 5.97 Å². The molecule has 1 heterocycles. The average Bonchev–Trinajstić information content (AvgIpc) is 2.77. The monoisotopic (exact) mass is 496 g/mol. The fraction of sp³-hybridized carbons (Fsp3) is 0.789. The number of ether oxygens (including phenoxy) is 3. The second kappa shape index (κ2) is 13.6. The van der Waals surface area contributed by atoms with Crippen molar-refractivity contribution in [2.24, 2.45) is 0 Å². The second-order valence-corrected chi connectivity index (χ2v) is 7.73. The largest absolute Gasteiger partial charge is 0.479 e. The minimum atomic E-state index is -1.85. The highest BCUT2D eigenvalue weighted by molar-refractivity contribution is 5.77. The molecule has 1 fully saturated rings. The Kier molecular flexibility index (Phi) is 11.9. The van der Waals surface area contributed by atoms with Crippen molar-refractivity contribution in [1.29, 1.82) is 0 Å². The van der Waals surface area contributed by atoms with E-state index < -0.39 is 92.1 Å². The van der Waals surface area contributed by atoms with Crippen LogP contribution in [0.25, 0.3) is 0 Å². The molecule has 1 aliphatic rings. The van der Waals surface area contributed by atoms with Gasteiger partial charge in [-0.25, -0.2) is 4.79 Å². The Labute approximate surface area is 194 Å². The van der Waals surface area contributed by atoms with E-state index in [-0.39, 0.29) is 6.29 Å². The zero-order valence-corrected chi connectivity index (χ0v) is 18.8. The summed E-state index contributed by atoms with van der Waals surface area (Å²) in [4.78, 5) is 46.2. The second-order valence-electron chi connectivity index (χ2n) is 7.73. The van der Waals surface area contributed by atoms with Crippen molar-refractivity contribution < 1.29 is 64.0 Å². The molecule has 15 nitrogen and oxygen atoms in total. The molecule has 1 aliphatic heterocycles. The topological polar surface area (TPSA) is 241 Å². The van der Waals surface area contributed by atoms with Crippen LogP contribution in [0.15, 0.2) is 0 Å². The average molecular weight is 496 g/mol. The highest BCUT2D eigenvalue weighted by atomic mass is 16.7. The lowest BCUT2D eigenvalue weighted by Gasteiger charge is -2.45. The Morgan fingerprint density at radius 2 is 1.71 bits per heavy atom. The highest BCUT2D eigenvalue weighted by Gasteiger charge is 2.48. The first kappa shape index (κ1) is 29.8. The molecule has 1 unspecified atom stereocenters. The number of aliphatic hydroxyl groups is 5. The number of nitrogens with one attached hydrogen (secondary N) is 2. The first-order valence-corrected chi connectivity index (χ1v) is 10.3. The molecule has 8 N–H and O–H groups in total. The molecule has 0 aromatic carbocycles. The van der Waals surface area contributed by atoms with Crippen molar-refractivity contribution in [3.8, 4) is 0 Å². The summed E-state index contributed by atoms with van der Waals surface area (Å²) >= 11 is 0. The van der Waals surface area contributed by atoms with Crippen molar-refractivity contribution in [1.82, 2.24) is 10.6 Å². The number of rotatable bonds is 13. The lowest BCUT2D eigenvalue weighted by Crippen LogP contribution is -2.66. The molecule has 2 amide bonds. The molecule has 0 aliphatic carbocycles. The molecular weight excluding hydrogens is 464 g/mol. The molecule has 0 radical (unpaired) electrons. The number of hydrogen-bond donors (Lipinski definition) is 8. The van der Waals surface area contributed by atoms with Gasteiger partial charge in [0.1, 0.15) is 55.0 Å². The van der Waals surface area contributed by atoms with Gasteiger partial charge in [-0.15, -0.1) is 0 Å². The number of aliphatic carboxylic acids is 1. The van der Waals surface area contributed by atoms with E-state index in [0.717, 1.165) is 20.8 Å². The van der Waals surface area contributed by atoms with Crippen molar-refractivity contribution in [3.05, 3.63) is 0 Å². The summed E-state index contributed by atoms with van der Waals surface area (Å²) in [5.74, 6) is -2.85. The summed E-state index contributed by atoms with van der Waals surface area (Å²) in [6.45, 7) is 1.49. The van der Waals surface area contributed by atoms with Crippen LogP contribution in [0.1, 0.15) is 20.8 Å². The van der Waals surface area contributed by atoms with E-state index in [9.17, 15) is 49.8 Å². The van der Waals surface area contributed by atoms with Crippen LogP contribution in [-0.2, 0) is 33.4 Å². The normalized spacial score (nSPS) is 29.2. The fourth-order valence-electron chi connectivity index (χ4n) is 3.32. The summed E-state index contributed by atoms with van der Waals surface area (Å²) in [6.07, 6.45) is -13.2. The summed E-state index contributed by atoms with van der Waals surface area (Å²) < 4.78 is 16.4. The van der Waals surface area contributed by atoms with Crippen LogP contribution in [-0.4, -0.2) is 129 Å². The van der Waals surface area contributed by atoms with Gasteiger partial charge in [-0.05, 0) is 6.92 Å². The highest BCUT2D eigenvalue weighted by Crippen LogP contribution is 2.26. The van der Waals surface area contributed by atoms with E-state index in [0.29, 0.717) is 0 Å². The van der Waals surface area contributed by atoms with Crippen LogP contribution in [0, 0.1) is 0 Å². The number of amides is 2. The molecule has 0 spiro atoms. The Morgan fingerprint density at radius 3 is 2.15 bits per heavy atom. The van der Waals surface area contributed by atoms with Crippen molar-refractivity contribution in [2.45, 2.75) is 81.9 Å². The quantitative estimate of drug-likeness (QED) is 0.112. The first-order valence-electron chi connectivity index (χ1n) is 10.3. The van der Waals surface area contributed by atoms with Crippen LogP contribution in [0.3, 0.4) is 0 Å². The molecule has 34 heavy (non-hydrogen) atoms. The van der Waals surface area contributed by atoms with Gasteiger partial charge in [0.2, 0.25) is 11.8 Å². The lowest BCUT2D eigenvalue weighted by atomic mass is 9.96. The molecule has 0 aromatic heterocycles. The number of hydrogen-bond acceptors (Lipinski definition) is 12. The van der Waals surface area contributed by atoms with Crippen LogP contribution in [0.4, 0.5) is 0 Å². The third-order valence-electron chi connectivity index (χ3n) is 5.01. The number of carboxylic acid groups (broad SMARTS) is 1. The van der Waals surface area contributed by atoms with E-state index in [1.165, 1.54) is 0 Å². The van der Waals surface area contributed by atoms with E-state index in [1.54, 1.807) is 0 Å². The minimum absolute atomic E-state index is 0.198. The smallest absolute Gasteiger partial charge is 0.332 e. The standard InChI is InChI=1S/C19H32N2O13/c1-7(18(30)31)32-16(10(4-22)20-8(2)25)17(11(27)5-23)34-19-13(21-9(3)26)15(29)14(28)12(6-24)33-19/h4,7,10-17,19,23-24,27-29H,5-6H2,1-3H3,(H,20,25)(H,21,26)(H,30,31)/t7?,10-,11+,12+,13+,14+,15+,16+,17+,19-/m0/s1. The number of aldehydes is 1. The van der Waals surface area contributed by atoms with Crippen LogP contribution < -0.4 is 10.6 Å². The zero-order chi connectivity index (χ0) is 26.2. The number of aliphatic hydroxyl groups excluding tert-OH is 5. The molecule has 1 saturated heterocycles. The Bertz CT molecular complexity index is 708. The predicted molar refractivity (Wildman–Crippen MR) is 109 cm³/mol.